The summed E-state index contributed by atoms with van der Waals surface area (Å²) in [5, 5.41) is 12.0. The lowest BCUT2D eigenvalue weighted by Crippen LogP contribution is -2.08. The molecule has 0 fully saturated rings. The minimum absolute atomic E-state index is 0.0712. The molecule has 0 aliphatic carbocycles. The Kier molecular flexibility index (Phi) is 4.04. The van der Waals surface area contributed by atoms with Gasteiger partial charge in [-0.05, 0) is 23.3 Å². The Labute approximate surface area is 157 Å². The fourth-order valence-electron chi connectivity index (χ4n) is 2.86. The molecule has 2 N–H and O–H groups in total. The lowest BCUT2D eigenvalue weighted by molar-refractivity contribution is 0.483. The molecule has 0 unspecified atom stereocenters. The van der Waals surface area contributed by atoms with Crippen LogP contribution in [0.5, 0.6) is 5.75 Å². The van der Waals surface area contributed by atoms with Crippen molar-refractivity contribution in [3.05, 3.63) is 74.3 Å². The number of pyridine rings is 1. The molecular weight excluding hydrogens is 377 g/mol. The molecule has 0 bridgehead atoms. The molecule has 6 heteroatoms. The van der Waals surface area contributed by atoms with Crippen molar-refractivity contribution in [2.24, 2.45) is 0 Å². The van der Waals surface area contributed by atoms with E-state index < -0.39 is 0 Å². The summed E-state index contributed by atoms with van der Waals surface area (Å²) in [6.45, 7) is 0. The lowest BCUT2D eigenvalue weighted by Gasteiger charge is -2.08. The summed E-state index contributed by atoms with van der Waals surface area (Å²) in [7, 11) is 0. The Morgan fingerprint density at radius 2 is 1.52 bits per heavy atom. The molecule has 4 aromatic rings. The third kappa shape index (κ3) is 2.72. The van der Waals surface area contributed by atoms with E-state index >= 15 is 0 Å². The molecule has 124 valence electrons. The fraction of sp³-hybridized carbons (Fsp3) is 0. The topological polar surface area (TPSA) is 53.1 Å². The number of aromatic nitrogens is 1. The molecule has 0 amide bonds. The van der Waals surface area contributed by atoms with Gasteiger partial charge in [0.25, 0.3) is 5.56 Å². The van der Waals surface area contributed by atoms with E-state index in [9.17, 15) is 9.90 Å². The highest BCUT2D eigenvalue weighted by Gasteiger charge is 2.21. The van der Waals surface area contributed by atoms with Crippen LogP contribution in [0.4, 0.5) is 0 Å². The smallest absolute Gasteiger partial charge is 0.260 e. The van der Waals surface area contributed by atoms with Crippen molar-refractivity contribution in [2.45, 2.75) is 0 Å². The van der Waals surface area contributed by atoms with Crippen molar-refractivity contribution in [3.8, 4) is 28.0 Å². The van der Waals surface area contributed by atoms with Gasteiger partial charge in [0, 0.05) is 10.6 Å². The van der Waals surface area contributed by atoms with E-state index in [1.54, 1.807) is 24.3 Å². The van der Waals surface area contributed by atoms with Crippen LogP contribution in [-0.2, 0) is 0 Å². The third-order valence-electron chi connectivity index (χ3n) is 3.99. The van der Waals surface area contributed by atoms with Crippen LogP contribution < -0.4 is 5.56 Å². The van der Waals surface area contributed by atoms with Crippen molar-refractivity contribution in [1.29, 1.82) is 0 Å². The molecule has 0 saturated carbocycles. The van der Waals surface area contributed by atoms with Crippen LogP contribution >= 0.6 is 34.5 Å². The number of nitrogens with one attached hydrogen (secondary N) is 1. The van der Waals surface area contributed by atoms with Crippen LogP contribution in [0.3, 0.4) is 0 Å². The number of aromatic amines is 1. The summed E-state index contributed by atoms with van der Waals surface area (Å²) in [5.41, 5.74) is 2.04. The predicted molar refractivity (Wildman–Crippen MR) is 105 cm³/mol. The van der Waals surface area contributed by atoms with Crippen LogP contribution in [0.1, 0.15) is 0 Å². The molecule has 0 aliphatic heterocycles. The van der Waals surface area contributed by atoms with Gasteiger partial charge in [-0.2, -0.15) is 0 Å². The SMILES string of the molecule is O=c1[nH]c2sc(Cl)c(-c3ccc(Cl)cc3)c2c(O)c1-c1ccccc1. The standard InChI is InChI=1S/C19H11Cl2NO2S/c20-12-8-6-11(7-9-12)13-15-16(23)14(10-4-2-1-3-5-10)18(24)22-19(15)25-17(13)21/h1-9H,(H2,22,23,24). The first kappa shape index (κ1) is 16.2. The number of halogens is 2. The maximum Gasteiger partial charge on any atom is 0.260 e. The van der Waals surface area contributed by atoms with E-state index in [1.807, 2.05) is 30.3 Å². The van der Waals surface area contributed by atoms with Gasteiger partial charge in [0.15, 0.2) is 0 Å². The third-order valence-corrected chi connectivity index (χ3v) is 5.55. The quantitative estimate of drug-likeness (QED) is 0.447. The second-order valence-corrected chi connectivity index (χ2v) is 7.56. The molecule has 0 spiro atoms. The number of benzene rings is 2. The van der Waals surface area contributed by atoms with Crippen molar-refractivity contribution < 1.29 is 5.11 Å². The Bertz CT molecular complexity index is 1130. The van der Waals surface area contributed by atoms with E-state index in [4.69, 9.17) is 23.2 Å². The molecule has 0 radical (unpaired) electrons. The highest BCUT2D eigenvalue weighted by atomic mass is 35.5. The van der Waals surface area contributed by atoms with Crippen LogP contribution in [0.15, 0.2) is 59.4 Å². The van der Waals surface area contributed by atoms with Crippen molar-refractivity contribution in [2.75, 3.05) is 0 Å². The number of hydrogen-bond acceptors (Lipinski definition) is 3. The van der Waals surface area contributed by atoms with E-state index in [-0.39, 0.29) is 16.9 Å². The summed E-state index contributed by atoms with van der Waals surface area (Å²) in [4.78, 5) is 15.9. The predicted octanol–water partition coefficient (Wildman–Crippen LogP) is 5.94. The Morgan fingerprint density at radius 3 is 2.20 bits per heavy atom. The number of H-pyrrole nitrogens is 1. The Hall–Kier alpha value is -2.27. The zero-order valence-corrected chi connectivity index (χ0v) is 15.0. The number of rotatable bonds is 2. The normalized spacial score (nSPS) is 11.1. The van der Waals surface area contributed by atoms with Crippen molar-refractivity contribution in [3.63, 3.8) is 0 Å². The largest absolute Gasteiger partial charge is 0.506 e. The van der Waals surface area contributed by atoms with Crippen molar-refractivity contribution >= 4 is 44.8 Å². The monoisotopic (exact) mass is 387 g/mol. The average Bonchev–Trinajstić information content (AvgIpc) is 2.93. The van der Waals surface area contributed by atoms with Gasteiger partial charge in [-0.1, -0.05) is 65.7 Å². The number of fused-ring (bicyclic) bond motifs is 1. The van der Waals surface area contributed by atoms with Gasteiger partial charge in [0.1, 0.15) is 14.9 Å². The number of aromatic hydroxyl groups is 1. The van der Waals surface area contributed by atoms with Gasteiger partial charge in [-0.25, -0.2) is 0 Å². The number of thiophene rings is 1. The average molecular weight is 388 g/mol. The summed E-state index contributed by atoms with van der Waals surface area (Å²) >= 11 is 13.6. The zero-order valence-electron chi connectivity index (χ0n) is 12.7. The zero-order chi connectivity index (χ0) is 17.6. The molecule has 0 atom stereocenters. The highest BCUT2D eigenvalue weighted by molar-refractivity contribution is 7.23. The maximum absolute atomic E-state index is 12.5. The number of hydrogen-bond donors (Lipinski definition) is 2. The fourth-order valence-corrected chi connectivity index (χ4v) is 4.37. The van der Waals surface area contributed by atoms with Crippen molar-refractivity contribution in [1.82, 2.24) is 4.98 Å². The first-order chi connectivity index (χ1) is 12.1. The molecule has 3 nitrogen and oxygen atoms in total. The van der Waals surface area contributed by atoms with Crippen LogP contribution in [0.25, 0.3) is 32.5 Å². The summed E-state index contributed by atoms with van der Waals surface area (Å²) in [5.74, 6) is -0.0712. The van der Waals surface area contributed by atoms with Gasteiger partial charge in [0.2, 0.25) is 0 Å². The molecule has 2 aromatic carbocycles. The van der Waals surface area contributed by atoms with E-state index in [1.165, 1.54) is 11.3 Å². The molecule has 0 saturated heterocycles. The van der Waals surface area contributed by atoms with E-state index in [2.05, 4.69) is 4.98 Å². The summed E-state index contributed by atoms with van der Waals surface area (Å²) in [6, 6.07) is 16.3. The van der Waals surface area contributed by atoms with Gasteiger partial charge in [0.05, 0.1) is 10.9 Å². The molecular formula is C19H11Cl2NO2S. The lowest BCUT2D eigenvalue weighted by atomic mass is 10.0. The van der Waals surface area contributed by atoms with Gasteiger partial charge >= 0.3 is 0 Å². The molecule has 2 heterocycles. The second kappa shape index (κ2) is 6.23. The first-order valence-corrected chi connectivity index (χ1v) is 9.02. The van der Waals surface area contributed by atoms with E-state index in [0.29, 0.717) is 30.7 Å². The Morgan fingerprint density at radius 1 is 0.880 bits per heavy atom. The Balaban J connectivity index is 2.07. The second-order valence-electron chi connectivity index (χ2n) is 5.51. The summed E-state index contributed by atoms with van der Waals surface area (Å²) in [6.07, 6.45) is 0. The highest BCUT2D eigenvalue weighted by Crippen LogP contribution is 2.46. The van der Waals surface area contributed by atoms with Gasteiger partial charge < -0.3 is 10.1 Å². The van der Waals surface area contributed by atoms with Gasteiger partial charge in [-0.3, -0.25) is 4.79 Å². The van der Waals surface area contributed by atoms with Crippen LogP contribution in [0, 0.1) is 0 Å². The molecule has 25 heavy (non-hydrogen) atoms. The maximum atomic E-state index is 12.5. The van der Waals surface area contributed by atoms with Crippen LogP contribution in [0.2, 0.25) is 9.36 Å². The van der Waals surface area contributed by atoms with Gasteiger partial charge in [-0.15, -0.1) is 11.3 Å². The first-order valence-electron chi connectivity index (χ1n) is 7.45. The molecule has 4 rings (SSSR count). The molecule has 2 aromatic heterocycles. The van der Waals surface area contributed by atoms with Crippen LogP contribution in [-0.4, -0.2) is 10.1 Å². The summed E-state index contributed by atoms with van der Waals surface area (Å²) < 4.78 is 0.494. The minimum Gasteiger partial charge on any atom is -0.506 e. The minimum atomic E-state index is -0.350. The molecule has 0 aliphatic rings. The van der Waals surface area contributed by atoms with E-state index in [0.717, 1.165) is 5.56 Å².